The van der Waals surface area contributed by atoms with Crippen molar-refractivity contribution < 1.29 is 9.47 Å². The van der Waals surface area contributed by atoms with Crippen LogP contribution in [0.3, 0.4) is 0 Å². The summed E-state index contributed by atoms with van der Waals surface area (Å²) in [6, 6.07) is 1.65. The van der Waals surface area contributed by atoms with E-state index in [0.717, 1.165) is 0 Å². The lowest BCUT2D eigenvalue weighted by atomic mass is 10.4. The minimum Gasteiger partial charge on any atom is -0.493 e. The van der Waals surface area contributed by atoms with Crippen LogP contribution in [0.5, 0.6) is 11.5 Å². The highest BCUT2D eigenvalue weighted by Crippen LogP contribution is 2.26. The fourth-order valence-corrected chi connectivity index (χ4v) is 0.816. The highest BCUT2D eigenvalue weighted by Gasteiger charge is 2.03. The number of hydrogen-bond donors (Lipinski definition) is 2. The van der Waals surface area contributed by atoms with Crippen molar-refractivity contribution in [3.05, 3.63) is 12.3 Å². The lowest BCUT2D eigenvalue weighted by Crippen LogP contribution is -2.08. The molecular formula is C7H11N3O2. The van der Waals surface area contributed by atoms with E-state index in [1.165, 1.54) is 6.20 Å². The minimum absolute atomic E-state index is 0.535. The smallest absolute Gasteiger partial charge is 0.179 e. The molecular weight excluding hydrogens is 158 g/mol. The van der Waals surface area contributed by atoms with Crippen molar-refractivity contribution in [2.24, 2.45) is 5.84 Å². The summed E-state index contributed by atoms with van der Waals surface area (Å²) in [4.78, 5) is 3.94. The summed E-state index contributed by atoms with van der Waals surface area (Å²) >= 11 is 0. The molecule has 0 atom stereocenters. The lowest BCUT2D eigenvalue weighted by molar-refractivity contribution is 0.353. The summed E-state index contributed by atoms with van der Waals surface area (Å²) in [7, 11) is 3.10. The van der Waals surface area contributed by atoms with Crippen LogP contribution in [0.4, 0.5) is 5.82 Å². The summed E-state index contributed by atoms with van der Waals surface area (Å²) in [5.74, 6) is 6.87. The van der Waals surface area contributed by atoms with Crippen LogP contribution in [-0.2, 0) is 0 Å². The Bertz CT molecular complexity index is 265. The van der Waals surface area contributed by atoms with E-state index >= 15 is 0 Å². The van der Waals surface area contributed by atoms with E-state index in [4.69, 9.17) is 15.3 Å². The van der Waals surface area contributed by atoms with E-state index in [-0.39, 0.29) is 0 Å². The van der Waals surface area contributed by atoms with Crippen LogP contribution in [-0.4, -0.2) is 19.2 Å². The van der Waals surface area contributed by atoms with E-state index in [9.17, 15) is 0 Å². The Labute approximate surface area is 70.5 Å². The molecule has 1 rings (SSSR count). The molecule has 0 unspecified atom stereocenters. The van der Waals surface area contributed by atoms with Crippen molar-refractivity contribution in [2.45, 2.75) is 0 Å². The minimum atomic E-state index is 0.535. The summed E-state index contributed by atoms with van der Waals surface area (Å²) < 4.78 is 10.00. The number of ether oxygens (including phenoxy) is 2. The Balaban J connectivity index is 3.02. The van der Waals surface area contributed by atoms with Gasteiger partial charge < -0.3 is 14.9 Å². The van der Waals surface area contributed by atoms with Gasteiger partial charge in [0.05, 0.1) is 20.4 Å². The number of aromatic nitrogens is 1. The van der Waals surface area contributed by atoms with Crippen molar-refractivity contribution in [1.29, 1.82) is 0 Å². The molecule has 0 spiro atoms. The Kier molecular flexibility index (Phi) is 2.71. The van der Waals surface area contributed by atoms with E-state index < -0.39 is 0 Å². The largest absolute Gasteiger partial charge is 0.493 e. The molecule has 0 aliphatic carbocycles. The molecule has 0 aliphatic heterocycles. The Hall–Kier alpha value is -1.49. The first-order valence-electron chi connectivity index (χ1n) is 3.36. The summed E-state index contributed by atoms with van der Waals surface area (Å²) in [6.45, 7) is 0. The highest BCUT2D eigenvalue weighted by atomic mass is 16.5. The summed E-state index contributed by atoms with van der Waals surface area (Å²) in [5, 5.41) is 0. The van der Waals surface area contributed by atoms with Gasteiger partial charge in [-0.1, -0.05) is 0 Å². The molecule has 1 heterocycles. The van der Waals surface area contributed by atoms with Crippen LogP contribution in [0.25, 0.3) is 0 Å². The second kappa shape index (κ2) is 3.77. The van der Waals surface area contributed by atoms with Crippen LogP contribution in [0.2, 0.25) is 0 Å². The second-order valence-corrected chi connectivity index (χ2v) is 2.07. The van der Waals surface area contributed by atoms with E-state index in [1.807, 2.05) is 0 Å². The third-order valence-corrected chi connectivity index (χ3v) is 1.42. The van der Waals surface area contributed by atoms with Gasteiger partial charge in [-0.25, -0.2) is 10.8 Å². The first-order chi connectivity index (χ1) is 5.81. The zero-order valence-electron chi connectivity index (χ0n) is 7.00. The molecule has 0 aromatic carbocycles. The molecule has 0 saturated carbocycles. The number of nitrogens with two attached hydrogens (primary N) is 1. The quantitative estimate of drug-likeness (QED) is 0.505. The van der Waals surface area contributed by atoms with Gasteiger partial charge in [-0.3, -0.25) is 0 Å². The molecule has 66 valence electrons. The number of hydrazine groups is 1. The van der Waals surface area contributed by atoms with Crippen LogP contribution in [0.15, 0.2) is 12.3 Å². The predicted molar refractivity (Wildman–Crippen MR) is 45.2 cm³/mol. The van der Waals surface area contributed by atoms with Gasteiger partial charge in [0.15, 0.2) is 11.5 Å². The number of nitrogens with zero attached hydrogens (tertiary/aromatic N) is 1. The van der Waals surface area contributed by atoms with Gasteiger partial charge in [0.1, 0.15) is 5.82 Å². The number of pyridine rings is 1. The first kappa shape index (κ1) is 8.61. The molecule has 1 aromatic heterocycles. The van der Waals surface area contributed by atoms with Gasteiger partial charge in [-0.05, 0) is 0 Å². The van der Waals surface area contributed by atoms with Crippen molar-refractivity contribution >= 4 is 5.82 Å². The van der Waals surface area contributed by atoms with Crippen LogP contribution in [0, 0.1) is 0 Å². The predicted octanol–water partition coefficient (Wildman–Crippen LogP) is 0.384. The van der Waals surface area contributed by atoms with Gasteiger partial charge in [-0.15, -0.1) is 0 Å². The van der Waals surface area contributed by atoms with Crippen molar-refractivity contribution in [1.82, 2.24) is 4.98 Å². The molecule has 0 fully saturated rings. The molecule has 12 heavy (non-hydrogen) atoms. The van der Waals surface area contributed by atoms with Crippen molar-refractivity contribution in [3.8, 4) is 11.5 Å². The number of nitrogens with one attached hydrogen (secondary N) is 1. The molecule has 0 aliphatic rings. The maximum Gasteiger partial charge on any atom is 0.179 e. The zero-order valence-corrected chi connectivity index (χ0v) is 7.00. The van der Waals surface area contributed by atoms with Crippen LogP contribution >= 0.6 is 0 Å². The number of anilines is 1. The second-order valence-electron chi connectivity index (χ2n) is 2.07. The van der Waals surface area contributed by atoms with Gasteiger partial charge in [0.25, 0.3) is 0 Å². The third-order valence-electron chi connectivity index (χ3n) is 1.42. The first-order valence-corrected chi connectivity index (χ1v) is 3.36. The van der Waals surface area contributed by atoms with E-state index in [0.29, 0.717) is 17.3 Å². The standard InChI is InChI=1S/C7H11N3O2/c1-11-5-3-7(10-8)9-4-6(5)12-2/h3-4H,8H2,1-2H3,(H,9,10). The Morgan fingerprint density at radius 2 is 2.00 bits per heavy atom. The molecule has 5 heteroatoms. The SMILES string of the molecule is COc1cnc(NN)cc1OC. The molecule has 0 radical (unpaired) electrons. The average Bonchev–Trinajstić information content (AvgIpc) is 2.16. The molecule has 1 aromatic rings. The number of methoxy groups -OCH3 is 2. The van der Waals surface area contributed by atoms with Gasteiger partial charge in [0.2, 0.25) is 0 Å². The molecule has 0 amide bonds. The van der Waals surface area contributed by atoms with Crippen molar-refractivity contribution in [2.75, 3.05) is 19.6 Å². The fourth-order valence-electron chi connectivity index (χ4n) is 0.816. The normalized spacial score (nSPS) is 9.25. The lowest BCUT2D eigenvalue weighted by Gasteiger charge is -2.07. The molecule has 3 N–H and O–H groups in total. The molecule has 0 bridgehead atoms. The van der Waals surface area contributed by atoms with E-state index in [2.05, 4.69) is 10.4 Å². The van der Waals surface area contributed by atoms with Gasteiger partial charge in [0, 0.05) is 6.07 Å². The summed E-state index contributed by atoms with van der Waals surface area (Å²) in [5.41, 5.74) is 2.41. The average molecular weight is 169 g/mol. The van der Waals surface area contributed by atoms with Crippen molar-refractivity contribution in [3.63, 3.8) is 0 Å². The van der Waals surface area contributed by atoms with E-state index in [1.54, 1.807) is 20.3 Å². The zero-order chi connectivity index (χ0) is 8.97. The topological polar surface area (TPSA) is 69.4 Å². The monoisotopic (exact) mass is 169 g/mol. The fraction of sp³-hybridized carbons (Fsp3) is 0.286. The highest BCUT2D eigenvalue weighted by molar-refractivity contribution is 5.47. The summed E-state index contributed by atoms with van der Waals surface area (Å²) in [6.07, 6.45) is 1.54. The number of hydrogen-bond acceptors (Lipinski definition) is 5. The Morgan fingerprint density at radius 3 is 2.50 bits per heavy atom. The Morgan fingerprint density at radius 1 is 1.33 bits per heavy atom. The third kappa shape index (κ3) is 1.57. The van der Waals surface area contributed by atoms with Crippen LogP contribution in [0.1, 0.15) is 0 Å². The maximum atomic E-state index is 5.16. The van der Waals surface area contributed by atoms with Gasteiger partial charge >= 0.3 is 0 Å². The maximum absolute atomic E-state index is 5.16. The molecule has 0 saturated heterocycles. The molecule has 5 nitrogen and oxygen atoms in total. The van der Waals surface area contributed by atoms with Crippen LogP contribution < -0.4 is 20.7 Å². The number of nitrogen functional groups attached to an aromatic ring is 1. The number of rotatable bonds is 3. The van der Waals surface area contributed by atoms with Gasteiger partial charge in [-0.2, -0.15) is 0 Å².